The topological polar surface area (TPSA) is 162 Å². The van der Waals surface area contributed by atoms with Crippen molar-refractivity contribution < 1.29 is 43.2 Å². The number of nitrogens with zero attached hydrogens (tertiary/aromatic N) is 5. The molecule has 0 radical (unpaired) electrons. The number of aliphatic imine (C=N–C) groups is 2. The summed E-state index contributed by atoms with van der Waals surface area (Å²) in [6.45, 7) is 5.24. The second kappa shape index (κ2) is 16.0. The fourth-order valence-electron chi connectivity index (χ4n) is 7.10. The number of aromatic nitrogens is 1. The number of benzene rings is 2. The summed E-state index contributed by atoms with van der Waals surface area (Å²) < 4.78 is 29.7. The van der Waals surface area contributed by atoms with Crippen LogP contribution >= 0.6 is 0 Å². The lowest BCUT2D eigenvalue weighted by molar-refractivity contribution is -0.137. The number of pyridine rings is 1. The van der Waals surface area contributed by atoms with Gasteiger partial charge >= 0.3 is 5.97 Å². The molecule has 2 amide bonds. The molecule has 3 aromatic rings. The van der Waals surface area contributed by atoms with E-state index in [0.29, 0.717) is 82.1 Å². The van der Waals surface area contributed by atoms with Gasteiger partial charge in [-0.25, -0.2) is 0 Å². The summed E-state index contributed by atoms with van der Waals surface area (Å²) in [4.78, 5) is 55.9. The SMILES string of the molecule is CC=C1C[C@H]2C=Nc3cc(OCc4cc(OCCCC(=O)O)cc(COc5cc6c(cc5OC)C(=O)N5CC(=CC)C[C@H]5C=N6)n4)c(OC)cc3C(=O)N2C1. The van der Waals surface area contributed by atoms with Crippen LogP contribution in [-0.4, -0.2) is 96.1 Å². The number of carbonyl (C=O) groups is 3. The van der Waals surface area contributed by atoms with Crippen LogP contribution in [0.25, 0.3) is 0 Å². The van der Waals surface area contributed by atoms with E-state index in [0.717, 1.165) is 12.8 Å². The number of methoxy groups -OCH3 is 2. The number of amides is 2. The highest BCUT2D eigenvalue weighted by Gasteiger charge is 2.36. The van der Waals surface area contributed by atoms with Crippen molar-refractivity contribution in [1.29, 1.82) is 0 Å². The molecule has 0 unspecified atom stereocenters. The van der Waals surface area contributed by atoms with Gasteiger partial charge in [0.1, 0.15) is 19.0 Å². The summed E-state index contributed by atoms with van der Waals surface area (Å²) in [5, 5.41) is 9.09. The quantitative estimate of drug-likeness (QED) is 0.156. The second-order valence-corrected chi connectivity index (χ2v) is 13.6. The van der Waals surface area contributed by atoms with Crippen LogP contribution in [0.2, 0.25) is 0 Å². The molecule has 2 atom stereocenters. The molecule has 4 aliphatic rings. The Labute approximate surface area is 318 Å². The number of carbonyl (C=O) groups excluding carboxylic acids is 2. The number of fused-ring (bicyclic) bond motifs is 4. The van der Waals surface area contributed by atoms with Gasteiger partial charge in [-0.15, -0.1) is 0 Å². The number of hydrogen-bond donors (Lipinski definition) is 1. The molecule has 0 aliphatic carbocycles. The Hall–Kier alpha value is -6.18. The van der Waals surface area contributed by atoms with Gasteiger partial charge in [0.15, 0.2) is 23.0 Å². The van der Waals surface area contributed by atoms with Crippen molar-refractivity contribution in [3.8, 4) is 28.7 Å². The normalized spacial score (nSPS) is 19.8. The van der Waals surface area contributed by atoms with Crippen LogP contribution in [0.4, 0.5) is 11.4 Å². The third-order valence-corrected chi connectivity index (χ3v) is 10.1. The minimum absolute atomic E-state index is 0.00285. The van der Waals surface area contributed by atoms with E-state index in [-0.39, 0.29) is 50.1 Å². The van der Waals surface area contributed by atoms with E-state index < -0.39 is 5.97 Å². The van der Waals surface area contributed by atoms with Crippen LogP contribution in [0.1, 0.15) is 71.6 Å². The Morgan fingerprint density at radius 3 is 1.67 bits per heavy atom. The minimum atomic E-state index is -0.908. The van der Waals surface area contributed by atoms with Crippen LogP contribution in [-0.2, 0) is 18.0 Å². The highest BCUT2D eigenvalue weighted by molar-refractivity contribution is 6.04. The van der Waals surface area contributed by atoms with Crippen molar-refractivity contribution >= 4 is 41.6 Å². The van der Waals surface area contributed by atoms with Crippen LogP contribution in [0.5, 0.6) is 28.7 Å². The lowest BCUT2D eigenvalue weighted by Crippen LogP contribution is -2.35. The van der Waals surface area contributed by atoms with Crippen molar-refractivity contribution in [2.24, 2.45) is 9.98 Å². The number of rotatable bonds is 13. The minimum Gasteiger partial charge on any atom is -0.493 e. The van der Waals surface area contributed by atoms with Gasteiger partial charge in [-0.3, -0.25) is 29.4 Å². The molecule has 2 fully saturated rings. The summed E-state index contributed by atoms with van der Waals surface area (Å²) in [6, 6.07) is 9.89. The molecule has 55 heavy (non-hydrogen) atoms. The average Bonchev–Trinajstić information content (AvgIpc) is 3.76. The second-order valence-electron chi connectivity index (χ2n) is 13.6. The summed E-state index contributed by atoms with van der Waals surface area (Å²) in [7, 11) is 3.02. The van der Waals surface area contributed by atoms with Crippen molar-refractivity contribution in [3.05, 3.63) is 82.2 Å². The highest BCUT2D eigenvalue weighted by Crippen LogP contribution is 2.41. The molecule has 4 aliphatic heterocycles. The van der Waals surface area contributed by atoms with Crippen LogP contribution in [0.15, 0.2) is 69.7 Å². The number of hydrogen-bond acceptors (Lipinski definition) is 11. The Kier molecular flexibility index (Phi) is 10.8. The van der Waals surface area contributed by atoms with E-state index in [2.05, 4.69) is 9.98 Å². The number of carboxylic acid groups (broad SMARTS) is 1. The van der Waals surface area contributed by atoms with Crippen LogP contribution in [0.3, 0.4) is 0 Å². The number of carboxylic acids is 1. The van der Waals surface area contributed by atoms with Gasteiger partial charge in [-0.05, 0) is 45.2 Å². The van der Waals surface area contributed by atoms with Crippen molar-refractivity contribution in [2.45, 2.75) is 64.8 Å². The number of allylic oxidation sites excluding steroid dienone is 2. The van der Waals surface area contributed by atoms with Crippen molar-refractivity contribution in [3.63, 3.8) is 0 Å². The van der Waals surface area contributed by atoms with Gasteiger partial charge in [0, 0.05) is 56.2 Å². The zero-order chi connectivity index (χ0) is 38.6. The van der Waals surface area contributed by atoms with Gasteiger partial charge in [-0.2, -0.15) is 0 Å². The summed E-state index contributed by atoms with van der Waals surface area (Å²) in [5.74, 6) is 0.799. The molecule has 5 heterocycles. The van der Waals surface area contributed by atoms with Crippen molar-refractivity contribution in [2.75, 3.05) is 33.9 Å². The van der Waals surface area contributed by atoms with Gasteiger partial charge < -0.3 is 38.6 Å². The maximum atomic E-state index is 13.5. The standard InChI is InChI=1S/C41H43N5O9/c1-5-24-10-28-18-42-33-16-37(35(51-3)14-31(33)40(49)45(28)20-24)54-22-26-12-30(53-9-7-8-39(47)48)13-27(44-26)23-55-38-17-34-32(15-36(38)52-4)41(50)46-21-25(6-2)11-29(46)19-43-34/h5-6,12-19,28-29H,7-11,20-23H2,1-4H3,(H,47,48)/t28-,29-/m0/s1. The smallest absolute Gasteiger partial charge is 0.303 e. The first-order valence-electron chi connectivity index (χ1n) is 18.2. The molecular formula is C41H43N5O9. The Bertz CT molecular complexity index is 2010. The predicted molar refractivity (Wildman–Crippen MR) is 204 cm³/mol. The van der Waals surface area contributed by atoms with Gasteiger partial charge in [0.05, 0.1) is 66.8 Å². The van der Waals surface area contributed by atoms with Gasteiger partial charge in [0.2, 0.25) is 0 Å². The van der Waals surface area contributed by atoms with E-state index in [9.17, 15) is 14.4 Å². The van der Waals surface area contributed by atoms with Crippen molar-refractivity contribution in [1.82, 2.24) is 14.8 Å². The third-order valence-electron chi connectivity index (χ3n) is 10.1. The summed E-state index contributed by atoms with van der Waals surface area (Å²) in [6.07, 6.45) is 9.47. The monoisotopic (exact) mass is 749 g/mol. The molecule has 1 aromatic heterocycles. The van der Waals surface area contributed by atoms with E-state index in [4.69, 9.17) is 33.8 Å². The number of ether oxygens (including phenoxy) is 5. The molecule has 14 nitrogen and oxygen atoms in total. The maximum Gasteiger partial charge on any atom is 0.303 e. The average molecular weight is 750 g/mol. The Balaban J connectivity index is 1.12. The van der Waals surface area contributed by atoms with Crippen LogP contribution < -0.4 is 23.7 Å². The molecule has 0 saturated carbocycles. The fourth-order valence-corrected chi connectivity index (χ4v) is 7.10. The highest BCUT2D eigenvalue weighted by atomic mass is 16.5. The summed E-state index contributed by atoms with van der Waals surface area (Å²) in [5.41, 5.74) is 5.21. The molecule has 14 heteroatoms. The number of aliphatic carboxylic acids is 1. The molecule has 2 aromatic carbocycles. The van der Waals surface area contributed by atoms with E-state index in [1.807, 2.05) is 35.8 Å². The van der Waals surface area contributed by atoms with E-state index >= 15 is 0 Å². The molecular weight excluding hydrogens is 706 g/mol. The first kappa shape index (κ1) is 37.1. The zero-order valence-corrected chi connectivity index (χ0v) is 31.2. The van der Waals surface area contributed by atoms with E-state index in [1.165, 1.54) is 25.4 Å². The molecule has 0 bridgehead atoms. The van der Waals surface area contributed by atoms with Crippen LogP contribution in [0, 0.1) is 0 Å². The predicted octanol–water partition coefficient (Wildman–Crippen LogP) is 6.25. The molecule has 1 N–H and O–H groups in total. The third kappa shape index (κ3) is 7.89. The van der Waals surface area contributed by atoms with Gasteiger partial charge in [-0.1, -0.05) is 23.3 Å². The van der Waals surface area contributed by atoms with E-state index in [1.54, 1.807) is 48.8 Å². The fraction of sp³-hybridized carbons (Fsp3) is 0.366. The summed E-state index contributed by atoms with van der Waals surface area (Å²) >= 11 is 0. The Morgan fingerprint density at radius 2 is 1.24 bits per heavy atom. The zero-order valence-electron chi connectivity index (χ0n) is 31.2. The largest absolute Gasteiger partial charge is 0.493 e. The lowest BCUT2D eigenvalue weighted by atomic mass is 10.1. The molecule has 7 rings (SSSR count). The Morgan fingerprint density at radius 1 is 0.745 bits per heavy atom. The van der Waals surface area contributed by atoms with Gasteiger partial charge in [0.25, 0.3) is 11.8 Å². The first-order valence-corrected chi connectivity index (χ1v) is 18.2. The maximum absolute atomic E-state index is 13.5. The molecule has 286 valence electrons. The first-order chi connectivity index (χ1) is 26.7. The lowest BCUT2D eigenvalue weighted by Gasteiger charge is -2.20. The molecule has 2 saturated heterocycles. The molecule has 0 spiro atoms.